The van der Waals surface area contributed by atoms with Crippen molar-refractivity contribution in [3.63, 3.8) is 0 Å². The first kappa shape index (κ1) is 24.3. The molecule has 3 aromatic heterocycles. The third kappa shape index (κ3) is 5.25. The van der Waals surface area contributed by atoms with Gasteiger partial charge in [0.1, 0.15) is 17.6 Å². The number of carbonyl (C=O) groups excluding carboxylic acids is 2. The number of halogens is 3. The number of rotatable bonds is 6. The smallest absolute Gasteiger partial charge is 0.452 e. The Morgan fingerprint density at radius 2 is 1.84 bits per heavy atom. The van der Waals surface area contributed by atoms with Crippen molar-refractivity contribution in [2.75, 3.05) is 23.3 Å². The van der Waals surface area contributed by atoms with Crippen LogP contribution in [-0.4, -0.2) is 51.8 Å². The molecule has 8 nitrogen and oxygen atoms in total. The Morgan fingerprint density at radius 1 is 1.08 bits per heavy atom. The monoisotopic (exact) mass is 509 g/mol. The van der Waals surface area contributed by atoms with Crippen LogP contribution in [0.1, 0.15) is 21.6 Å². The zero-order chi connectivity index (χ0) is 26.2. The van der Waals surface area contributed by atoms with Gasteiger partial charge >= 0.3 is 12.1 Å². The van der Waals surface area contributed by atoms with Crippen LogP contribution in [0.3, 0.4) is 0 Å². The molecule has 4 aromatic rings. The highest BCUT2D eigenvalue weighted by molar-refractivity contribution is 6.06. The van der Waals surface area contributed by atoms with Crippen LogP contribution in [0.5, 0.6) is 0 Å². The summed E-state index contributed by atoms with van der Waals surface area (Å²) in [5.41, 5.74) is 3.94. The van der Waals surface area contributed by atoms with Crippen LogP contribution in [0.25, 0.3) is 10.9 Å². The zero-order valence-electron chi connectivity index (χ0n) is 19.7. The summed E-state index contributed by atoms with van der Waals surface area (Å²) < 4.78 is 43.3. The summed E-state index contributed by atoms with van der Waals surface area (Å²) in [5, 5.41) is 3.74. The maximum absolute atomic E-state index is 13.2. The lowest BCUT2D eigenvalue weighted by Crippen LogP contribution is -2.54. The number of fused-ring (bicyclic) bond motifs is 1. The van der Waals surface area contributed by atoms with Gasteiger partial charge in [0.2, 0.25) is 0 Å². The van der Waals surface area contributed by atoms with Crippen molar-refractivity contribution in [3.05, 3.63) is 83.9 Å². The van der Waals surface area contributed by atoms with E-state index in [1.807, 2.05) is 47.9 Å². The van der Waals surface area contributed by atoms with Crippen molar-refractivity contribution in [3.8, 4) is 0 Å². The van der Waals surface area contributed by atoms with Crippen LogP contribution in [0.2, 0.25) is 0 Å². The first-order valence-corrected chi connectivity index (χ1v) is 11.5. The number of hydrogen-bond acceptors (Lipinski definition) is 6. The first-order chi connectivity index (χ1) is 17.7. The molecule has 190 valence electrons. The fourth-order valence-corrected chi connectivity index (χ4v) is 4.09. The number of amides is 1. The number of alkyl halides is 3. The quantitative estimate of drug-likeness (QED) is 0.389. The van der Waals surface area contributed by atoms with Crippen LogP contribution in [0.15, 0.2) is 67.1 Å². The molecule has 0 unspecified atom stereocenters. The molecule has 0 aliphatic carbocycles. The Bertz CT molecular complexity index is 1440. The van der Waals surface area contributed by atoms with Gasteiger partial charge in [-0.15, -0.1) is 0 Å². The van der Waals surface area contributed by atoms with Gasteiger partial charge in [0, 0.05) is 18.1 Å². The molecule has 0 radical (unpaired) electrons. The van der Waals surface area contributed by atoms with E-state index >= 15 is 0 Å². The van der Waals surface area contributed by atoms with E-state index in [-0.39, 0.29) is 19.0 Å². The Labute approximate surface area is 209 Å². The summed E-state index contributed by atoms with van der Waals surface area (Å²) in [6.45, 7) is 2.71. The topological polar surface area (TPSA) is 89.4 Å². The normalized spacial score (nSPS) is 13.9. The highest BCUT2D eigenvalue weighted by atomic mass is 19.4. The highest BCUT2D eigenvalue weighted by Crippen LogP contribution is 2.26. The van der Waals surface area contributed by atoms with E-state index in [1.54, 1.807) is 29.4 Å². The van der Waals surface area contributed by atoms with E-state index in [4.69, 9.17) is 0 Å². The number of ether oxygens (including phenoxy) is 1. The number of hydrogen-bond donors (Lipinski definition) is 1. The van der Waals surface area contributed by atoms with Crippen LogP contribution >= 0.6 is 0 Å². The van der Waals surface area contributed by atoms with Gasteiger partial charge in [-0.1, -0.05) is 29.8 Å². The number of nitrogens with zero attached hydrogens (tertiary/aromatic N) is 4. The number of anilines is 2. The average molecular weight is 509 g/mol. The number of benzene rings is 1. The molecule has 0 atom stereocenters. The van der Waals surface area contributed by atoms with E-state index in [1.165, 1.54) is 6.20 Å². The molecule has 1 aliphatic rings. The van der Waals surface area contributed by atoms with Crippen molar-refractivity contribution in [2.24, 2.45) is 0 Å². The predicted molar refractivity (Wildman–Crippen MR) is 130 cm³/mol. The van der Waals surface area contributed by atoms with Crippen molar-refractivity contribution in [1.82, 2.24) is 14.5 Å². The summed E-state index contributed by atoms with van der Waals surface area (Å²) in [6.07, 6.45) is -0.992. The molecule has 1 saturated heterocycles. The van der Waals surface area contributed by atoms with Crippen molar-refractivity contribution >= 4 is 34.3 Å². The molecule has 1 amide bonds. The minimum atomic E-state index is -5.01. The van der Waals surface area contributed by atoms with Gasteiger partial charge in [0.15, 0.2) is 0 Å². The largest absolute Gasteiger partial charge is 0.490 e. The lowest BCUT2D eigenvalue weighted by atomic mass is 10.1. The second-order valence-electron chi connectivity index (χ2n) is 8.83. The number of nitrogens with one attached hydrogen (secondary N) is 1. The molecule has 4 heterocycles. The Balaban J connectivity index is 1.27. The first-order valence-electron chi connectivity index (χ1n) is 11.5. The molecule has 1 fully saturated rings. The van der Waals surface area contributed by atoms with Crippen molar-refractivity contribution in [1.29, 1.82) is 0 Å². The number of esters is 1. The standard InChI is InChI=1S/C26H22F3N5O3/c1-16-2-4-17(5-3-16)13-34-21(10-18-8-9-30-12-22(18)34)24(35)32-19-6-7-23(31-11-19)33-14-20(15-33)37-25(36)26(27,28)29/h2-12,20H,13-15H2,1H3,(H,32,35). The molecule has 0 spiro atoms. The van der Waals surface area contributed by atoms with Gasteiger partial charge < -0.3 is 19.5 Å². The number of aryl methyl sites for hydroxylation is 1. The predicted octanol–water partition coefficient (Wildman–Crippen LogP) is 4.33. The van der Waals surface area contributed by atoms with E-state index in [0.29, 0.717) is 23.7 Å². The number of carbonyl (C=O) groups is 2. The maximum atomic E-state index is 13.2. The molecule has 0 saturated carbocycles. The minimum absolute atomic E-state index is 0.105. The van der Waals surface area contributed by atoms with E-state index in [9.17, 15) is 22.8 Å². The Hall–Kier alpha value is -4.41. The third-order valence-electron chi connectivity index (χ3n) is 6.08. The SMILES string of the molecule is Cc1ccc(Cn2c(C(=O)Nc3ccc(N4CC(OC(=O)C(F)(F)F)C4)nc3)cc3ccncc32)cc1. The van der Waals surface area contributed by atoms with Crippen LogP contribution in [0.4, 0.5) is 24.7 Å². The third-order valence-corrected chi connectivity index (χ3v) is 6.08. The summed E-state index contributed by atoms with van der Waals surface area (Å²) >= 11 is 0. The minimum Gasteiger partial charge on any atom is -0.452 e. The molecule has 1 aliphatic heterocycles. The Morgan fingerprint density at radius 3 is 2.51 bits per heavy atom. The van der Waals surface area contributed by atoms with Crippen LogP contribution in [-0.2, 0) is 16.1 Å². The van der Waals surface area contributed by atoms with E-state index in [0.717, 1.165) is 22.0 Å². The van der Waals surface area contributed by atoms with Crippen LogP contribution in [0, 0.1) is 6.92 Å². The molecule has 0 bridgehead atoms. The molecular weight excluding hydrogens is 487 g/mol. The van der Waals surface area contributed by atoms with Gasteiger partial charge in [-0.25, -0.2) is 9.78 Å². The van der Waals surface area contributed by atoms with Gasteiger partial charge in [-0.05, 0) is 36.8 Å². The zero-order valence-corrected chi connectivity index (χ0v) is 19.7. The highest BCUT2D eigenvalue weighted by Gasteiger charge is 2.44. The Kier molecular flexibility index (Phi) is 6.28. The van der Waals surface area contributed by atoms with E-state index < -0.39 is 18.2 Å². The lowest BCUT2D eigenvalue weighted by molar-refractivity contribution is -0.205. The fourth-order valence-electron chi connectivity index (χ4n) is 4.09. The number of aromatic nitrogens is 3. The van der Waals surface area contributed by atoms with Crippen molar-refractivity contribution in [2.45, 2.75) is 25.7 Å². The summed E-state index contributed by atoms with van der Waals surface area (Å²) in [5.74, 6) is -2.02. The summed E-state index contributed by atoms with van der Waals surface area (Å²) in [6, 6.07) is 15.0. The van der Waals surface area contributed by atoms with E-state index in [2.05, 4.69) is 20.0 Å². The molecular formula is C26H22F3N5O3. The van der Waals surface area contributed by atoms with Gasteiger partial charge in [0.25, 0.3) is 5.91 Å². The summed E-state index contributed by atoms with van der Waals surface area (Å²) in [4.78, 5) is 34.3. The number of pyridine rings is 2. The van der Waals surface area contributed by atoms with Gasteiger partial charge in [-0.2, -0.15) is 13.2 Å². The second-order valence-corrected chi connectivity index (χ2v) is 8.83. The molecule has 11 heteroatoms. The molecule has 5 rings (SSSR count). The van der Waals surface area contributed by atoms with Gasteiger partial charge in [-0.3, -0.25) is 9.78 Å². The molecule has 1 aromatic carbocycles. The summed E-state index contributed by atoms with van der Waals surface area (Å²) in [7, 11) is 0. The van der Waals surface area contributed by atoms with Gasteiger partial charge in [0.05, 0.1) is 36.7 Å². The molecule has 1 N–H and O–H groups in total. The van der Waals surface area contributed by atoms with Crippen molar-refractivity contribution < 1.29 is 27.5 Å². The fraction of sp³-hybridized carbons (Fsp3) is 0.231. The maximum Gasteiger partial charge on any atom is 0.490 e. The lowest BCUT2D eigenvalue weighted by Gasteiger charge is -2.39. The molecule has 37 heavy (non-hydrogen) atoms. The average Bonchev–Trinajstić information content (AvgIpc) is 3.21. The second kappa shape index (κ2) is 9.57. The van der Waals surface area contributed by atoms with Crippen LogP contribution < -0.4 is 10.2 Å².